The monoisotopic (exact) mass is 184 g/mol. The lowest BCUT2D eigenvalue weighted by atomic mass is 10.2. The Morgan fingerprint density at radius 1 is 1.00 bits per heavy atom. The first-order chi connectivity index (χ1) is 6.29. The minimum absolute atomic E-state index is 1.23. The molecule has 0 bridgehead atoms. The Labute approximate surface area is 82.9 Å². The van der Waals surface area contributed by atoms with Gasteiger partial charge in [-0.05, 0) is 59.5 Å². The molecule has 1 heterocycles. The lowest BCUT2D eigenvalue weighted by molar-refractivity contribution is 0.264. The molecule has 0 radical (unpaired) electrons. The van der Waals surface area contributed by atoms with Crippen LogP contribution in [0.1, 0.15) is 32.1 Å². The normalized spacial score (nSPS) is 20.5. The standard InChI is InChI=1S/C11H24N2/c1-12(2)8-7-11-13-9-5-3-4-6-10-13/h3-11H2,1-2H3. The van der Waals surface area contributed by atoms with Crippen molar-refractivity contribution in [3.8, 4) is 0 Å². The van der Waals surface area contributed by atoms with Crippen molar-refractivity contribution in [3.63, 3.8) is 0 Å². The molecule has 0 atom stereocenters. The van der Waals surface area contributed by atoms with E-state index >= 15 is 0 Å². The van der Waals surface area contributed by atoms with Crippen LogP contribution in [0.15, 0.2) is 0 Å². The molecule has 13 heavy (non-hydrogen) atoms. The van der Waals surface area contributed by atoms with Gasteiger partial charge in [0.05, 0.1) is 0 Å². The third-order valence-corrected chi connectivity index (χ3v) is 2.78. The molecule has 1 rings (SSSR count). The van der Waals surface area contributed by atoms with Gasteiger partial charge in [-0.2, -0.15) is 0 Å². The van der Waals surface area contributed by atoms with Crippen molar-refractivity contribution in [2.75, 3.05) is 40.3 Å². The predicted molar refractivity (Wildman–Crippen MR) is 58.1 cm³/mol. The maximum absolute atomic E-state index is 2.64. The predicted octanol–water partition coefficient (Wildman–Crippen LogP) is 1.81. The summed E-state index contributed by atoms with van der Waals surface area (Å²) in [5.74, 6) is 0. The summed E-state index contributed by atoms with van der Waals surface area (Å²) < 4.78 is 0. The Kier molecular flexibility index (Phi) is 5.40. The maximum Gasteiger partial charge on any atom is -0.000655 e. The molecule has 1 fully saturated rings. The zero-order valence-electron chi connectivity index (χ0n) is 9.26. The SMILES string of the molecule is CN(C)CCCN1CCCCCC1. The molecule has 78 valence electrons. The molecule has 0 N–H and O–H groups in total. The van der Waals surface area contributed by atoms with Crippen molar-refractivity contribution in [2.24, 2.45) is 0 Å². The third-order valence-electron chi connectivity index (χ3n) is 2.78. The zero-order chi connectivity index (χ0) is 9.52. The molecule has 0 aliphatic carbocycles. The summed E-state index contributed by atoms with van der Waals surface area (Å²) in [6.07, 6.45) is 7.06. The smallest absolute Gasteiger partial charge is 0.000655 e. The number of hydrogen-bond donors (Lipinski definition) is 0. The molecule has 1 aliphatic rings. The molecule has 0 unspecified atom stereocenters. The molecule has 2 heteroatoms. The van der Waals surface area contributed by atoms with Crippen LogP contribution >= 0.6 is 0 Å². The van der Waals surface area contributed by atoms with Crippen molar-refractivity contribution < 1.29 is 0 Å². The van der Waals surface area contributed by atoms with Crippen LogP contribution in [-0.4, -0.2) is 50.1 Å². The van der Waals surface area contributed by atoms with E-state index < -0.39 is 0 Å². The van der Waals surface area contributed by atoms with Gasteiger partial charge in [-0.15, -0.1) is 0 Å². The fourth-order valence-electron chi connectivity index (χ4n) is 1.97. The van der Waals surface area contributed by atoms with Gasteiger partial charge in [-0.3, -0.25) is 0 Å². The molecular weight excluding hydrogens is 160 g/mol. The van der Waals surface area contributed by atoms with E-state index in [1.54, 1.807) is 0 Å². The minimum atomic E-state index is 1.23. The highest BCUT2D eigenvalue weighted by atomic mass is 15.1. The number of nitrogens with zero attached hydrogens (tertiary/aromatic N) is 2. The fourth-order valence-corrected chi connectivity index (χ4v) is 1.97. The van der Waals surface area contributed by atoms with Crippen LogP contribution in [0.2, 0.25) is 0 Å². The van der Waals surface area contributed by atoms with Gasteiger partial charge in [0.25, 0.3) is 0 Å². The first-order valence-corrected chi connectivity index (χ1v) is 5.66. The maximum atomic E-state index is 2.64. The van der Waals surface area contributed by atoms with Crippen molar-refractivity contribution in [1.82, 2.24) is 9.80 Å². The molecule has 2 nitrogen and oxygen atoms in total. The Morgan fingerprint density at radius 3 is 2.15 bits per heavy atom. The van der Waals surface area contributed by atoms with Crippen LogP contribution in [0.3, 0.4) is 0 Å². The van der Waals surface area contributed by atoms with E-state index in [0.717, 1.165) is 0 Å². The highest BCUT2D eigenvalue weighted by Gasteiger charge is 2.07. The summed E-state index contributed by atoms with van der Waals surface area (Å²) in [4.78, 5) is 4.91. The Hall–Kier alpha value is -0.0800. The first kappa shape index (κ1) is 11.0. The van der Waals surface area contributed by atoms with Gasteiger partial charge in [0.1, 0.15) is 0 Å². The molecule has 0 saturated carbocycles. The van der Waals surface area contributed by atoms with Crippen LogP contribution < -0.4 is 0 Å². The van der Waals surface area contributed by atoms with E-state index in [2.05, 4.69) is 23.9 Å². The van der Waals surface area contributed by atoms with E-state index in [4.69, 9.17) is 0 Å². The van der Waals surface area contributed by atoms with Gasteiger partial charge in [-0.1, -0.05) is 12.8 Å². The van der Waals surface area contributed by atoms with Crippen molar-refractivity contribution in [3.05, 3.63) is 0 Å². The Morgan fingerprint density at radius 2 is 1.62 bits per heavy atom. The van der Waals surface area contributed by atoms with Crippen LogP contribution in [0, 0.1) is 0 Å². The average Bonchev–Trinajstić information content (AvgIpc) is 2.32. The molecular formula is C11H24N2. The second kappa shape index (κ2) is 6.39. The van der Waals surface area contributed by atoms with Gasteiger partial charge < -0.3 is 9.80 Å². The summed E-state index contributed by atoms with van der Waals surface area (Å²) in [5, 5.41) is 0. The van der Waals surface area contributed by atoms with Gasteiger partial charge in [0.15, 0.2) is 0 Å². The van der Waals surface area contributed by atoms with Crippen LogP contribution in [0.25, 0.3) is 0 Å². The van der Waals surface area contributed by atoms with Crippen LogP contribution in [0.5, 0.6) is 0 Å². The molecule has 0 aromatic heterocycles. The van der Waals surface area contributed by atoms with Gasteiger partial charge in [0, 0.05) is 0 Å². The van der Waals surface area contributed by atoms with Crippen LogP contribution in [0.4, 0.5) is 0 Å². The van der Waals surface area contributed by atoms with E-state index in [9.17, 15) is 0 Å². The zero-order valence-corrected chi connectivity index (χ0v) is 9.26. The van der Waals surface area contributed by atoms with Crippen molar-refractivity contribution in [1.29, 1.82) is 0 Å². The Bertz CT molecular complexity index is 115. The lowest BCUT2D eigenvalue weighted by Crippen LogP contribution is -2.28. The quantitative estimate of drug-likeness (QED) is 0.657. The number of hydrogen-bond acceptors (Lipinski definition) is 2. The molecule has 0 spiro atoms. The molecule has 1 aliphatic heterocycles. The molecule has 0 aromatic rings. The fraction of sp³-hybridized carbons (Fsp3) is 1.00. The summed E-state index contributed by atoms with van der Waals surface area (Å²) in [6.45, 7) is 5.22. The molecule has 1 saturated heterocycles. The highest BCUT2D eigenvalue weighted by molar-refractivity contribution is 4.63. The van der Waals surface area contributed by atoms with Gasteiger partial charge >= 0.3 is 0 Å². The molecule has 0 amide bonds. The average molecular weight is 184 g/mol. The van der Waals surface area contributed by atoms with E-state index in [1.807, 2.05) is 0 Å². The number of rotatable bonds is 4. The highest BCUT2D eigenvalue weighted by Crippen LogP contribution is 2.09. The topological polar surface area (TPSA) is 6.48 Å². The van der Waals surface area contributed by atoms with Crippen molar-refractivity contribution in [2.45, 2.75) is 32.1 Å². The summed E-state index contributed by atoms with van der Waals surface area (Å²) in [6, 6.07) is 0. The van der Waals surface area contributed by atoms with Gasteiger partial charge in [0.2, 0.25) is 0 Å². The minimum Gasteiger partial charge on any atom is -0.309 e. The van der Waals surface area contributed by atoms with E-state index in [1.165, 1.54) is 58.3 Å². The Balaban J connectivity index is 2.05. The first-order valence-electron chi connectivity index (χ1n) is 5.66. The largest absolute Gasteiger partial charge is 0.309 e. The summed E-state index contributed by atoms with van der Waals surface area (Å²) in [5.41, 5.74) is 0. The second-order valence-electron chi connectivity index (χ2n) is 4.41. The van der Waals surface area contributed by atoms with Crippen LogP contribution in [-0.2, 0) is 0 Å². The van der Waals surface area contributed by atoms with E-state index in [-0.39, 0.29) is 0 Å². The molecule has 0 aromatic carbocycles. The summed E-state index contributed by atoms with van der Waals surface area (Å²) in [7, 11) is 4.31. The third kappa shape index (κ3) is 5.27. The van der Waals surface area contributed by atoms with E-state index in [0.29, 0.717) is 0 Å². The lowest BCUT2D eigenvalue weighted by Gasteiger charge is -2.20. The number of likely N-dealkylation sites (tertiary alicyclic amines) is 1. The van der Waals surface area contributed by atoms with Gasteiger partial charge in [-0.25, -0.2) is 0 Å². The second-order valence-corrected chi connectivity index (χ2v) is 4.41. The summed E-state index contributed by atoms with van der Waals surface area (Å²) >= 11 is 0. The van der Waals surface area contributed by atoms with Crippen molar-refractivity contribution >= 4 is 0 Å².